The zero-order valence-electron chi connectivity index (χ0n) is 9.39. The van der Waals surface area contributed by atoms with E-state index in [0.29, 0.717) is 15.9 Å². The van der Waals surface area contributed by atoms with Crippen molar-refractivity contribution in [3.8, 4) is 0 Å². The van der Waals surface area contributed by atoms with Gasteiger partial charge in [-0.25, -0.2) is 15.0 Å². The Balaban J connectivity index is 2.34. The molecule has 0 saturated heterocycles. The van der Waals surface area contributed by atoms with E-state index in [0.717, 1.165) is 5.69 Å². The van der Waals surface area contributed by atoms with E-state index < -0.39 is 0 Å². The van der Waals surface area contributed by atoms with Gasteiger partial charge in [-0.3, -0.25) is 4.79 Å². The third-order valence-electron chi connectivity index (χ3n) is 1.90. The summed E-state index contributed by atoms with van der Waals surface area (Å²) in [7, 11) is 0. The van der Waals surface area contributed by atoms with Crippen LogP contribution in [0.15, 0.2) is 27.1 Å². The summed E-state index contributed by atoms with van der Waals surface area (Å²) in [6, 6.07) is 3.22. The summed E-state index contributed by atoms with van der Waals surface area (Å²) in [6.07, 6.45) is 0. The molecule has 0 aromatic carbocycles. The molecule has 2 rings (SSSR count). The number of aromatic amines is 1. The first-order valence-corrected chi connectivity index (χ1v) is 5.71. The number of aryl methyl sites for hydroxylation is 2. The molecule has 0 aliphatic heterocycles. The lowest BCUT2D eigenvalue weighted by atomic mass is 10.5. The quantitative estimate of drug-likeness (QED) is 0.606. The fourth-order valence-corrected chi connectivity index (χ4v) is 2.22. The Morgan fingerprint density at radius 1 is 1.18 bits per heavy atom. The number of nitrogens with zero attached hydrogens (tertiary/aromatic N) is 3. The van der Waals surface area contributed by atoms with Gasteiger partial charge in [0, 0.05) is 17.5 Å². The highest BCUT2D eigenvalue weighted by atomic mass is 32.2. The number of rotatable bonds is 2. The van der Waals surface area contributed by atoms with Gasteiger partial charge in [0.05, 0.1) is 0 Å². The van der Waals surface area contributed by atoms with Gasteiger partial charge in [-0.1, -0.05) is 0 Å². The molecular formula is C10H11N5OS. The van der Waals surface area contributed by atoms with Gasteiger partial charge in [0.2, 0.25) is 5.95 Å². The van der Waals surface area contributed by atoms with Gasteiger partial charge in [0.1, 0.15) is 5.03 Å². The molecule has 7 heteroatoms. The second-order valence-electron chi connectivity index (χ2n) is 3.50. The first-order valence-electron chi connectivity index (χ1n) is 4.90. The van der Waals surface area contributed by atoms with E-state index in [4.69, 9.17) is 5.73 Å². The van der Waals surface area contributed by atoms with E-state index in [9.17, 15) is 4.79 Å². The minimum absolute atomic E-state index is 0.182. The molecule has 0 atom stereocenters. The van der Waals surface area contributed by atoms with Crippen LogP contribution in [0.5, 0.6) is 0 Å². The predicted molar refractivity (Wildman–Crippen MR) is 64.9 cm³/mol. The normalized spacial score (nSPS) is 10.5. The third-order valence-corrected chi connectivity index (χ3v) is 2.70. The second-order valence-corrected chi connectivity index (χ2v) is 4.51. The molecule has 17 heavy (non-hydrogen) atoms. The Bertz CT molecular complexity index is 590. The van der Waals surface area contributed by atoms with Crippen LogP contribution in [0, 0.1) is 13.8 Å². The van der Waals surface area contributed by atoms with E-state index in [2.05, 4.69) is 19.9 Å². The average molecular weight is 249 g/mol. The number of anilines is 1. The number of nitrogens with one attached hydrogen (secondary N) is 1. The monoisotopic (exact) mass is 249 g/mol. The molecule has 2 aromatic heterocycles. The van der Waals surface area contributed by atoms with Gasteiger partial charge >= 0.3 is 0 Å². The second kappa shape index (κ2) is 4.54. The molecule has 2 aromatic rings. The van der Waals surface area contributed by atoms with E-state index in [1.807, 2.05) is 6.92 Å². The molecular weight excluding hydrogens is 238 g/mol. The van der Waals surface area contributed by atoms with Crippen molar-refractivity contribution in [3.05, 3.63) is 33.9 Å². The molecule has 0 radical (unpaired) electrons. The number of hydrogen-bond donors (Lipinski definition) is 2. The highest BCUT2D eigenvalue weighted by Crippen LogP contribution is 2.22. The minimum Gasteiger partial charge on any atom is -0.368 e. The van der Waals surface area contributed by atoms with Crippen LogP contribution in [0.4, 0.5) is 5.95 Å². The molecule has 88 valence electrons. The van der Waals surface area contributed by atoms with Gasteiger partial charge < -0.3 is 10.7 Å². The van der Waals surface area contributed by atoms with E-state index in [-0.39, 0.29) is 11.5 Å². The molecule has 0 fully saturated rings. The van der Waals surface area contributed by atoms with Crippen molar-refractivity contribution >= 4 is 17.7 Å². The lowest BCUT2D eigenvalue weighted by molar-refractivity contribution is 0.900. The summed E-state index contributed by atoms with van der Waals surface area (Å²) in [4.78, 5) is 26.1. The highest BCUT2D eigenvalue weighted by Gasteiger charge is 2.05. The SMILES string of the molecule is Cc1cc(Sc2nc(C)cc(=O)[nH]2)nc(N)n1. The number of nitrogens with two attached hydrogens (primary N) is 1. The van der Waals surface area contributed by atoms with Crippen LogP contribution in [0.25, 0.3) is 0 Å². The van der Waals surface area contributed by atoms with Crippen molar-refractivity contribution < 1.29 is 0 Å². The fourth-order valence-electron chi connectivity index (χ4n) is 1.31. The summed E-state index contributed by atoms with van der Waals surface area (Å²) < 4.78 is 0. The predicted octanol–water partition coefficient (Wildman–Crippen LogP) is 0.910. The Kier molecular flexibility index (Phi) is 3.10. The van der Waals surface area contributed by atoms with Gasteiger partial charge in [0.25, 0.3) is 5.56 Å². The summed E-state index contributed by atoms with van der Waals surface area (Å²) >= 11 is 1.25. The zero-order chi connectivity index (χ0) is 12.4. The van der Waals surface area contributed by atoms with Crippen LogP contribution in [-0.2, 0) is 0 Å². The lowest BCUT2D eigenvalue weighted by Crippen LogP contribution is -2.08. The Hall–Kier alpha value is -1.89. The maximum atomic E-state index is 11.3. The van der Waals surface area contributed by atoms with Crippen molar-refractivity contribution in [3.63, 3.8) is 0 Å². The van der Waals surface area contributed by atoms with E-state index in [1.165, 1.54) is 17.8 Å². The zero-order valence-corrected chi connectivity index (χ0v) is 10.2. The summed E-state index contributed by atoms with van der Waals surface area (Å²) in [5, 5.41) is 1.15. The fraction of sp³-hybridized carbons (Fsp3) is 0.200. The highest BCUT2D eigenvalue weighted by molar-refractivity contribution is 7.99. The largest absolute Gasteiger partial charge is 0.368 e. The number of aromatic nitrogens is 4. The molecule has 0 spiro atoms. The van der Waals surface area contributed by atoms with Crippen molar-refractivity contribution in [1.29, 1.82) is 0 Å². The van der Waals surface area contributed by atoms with E-state index in [1.54, 1.807) is 13.0 Å². The lowest BCUT2D eigenvalue weighted by Gasteiger charge is -2.02. The molecule has 0 aliphatic carbocycles. The first kappa shape index (κ1) is 11.6. The average Bonchev–Trinajstić information content (AvgIpc) is 2.13. The Labute approximate surface area is 102 Å². The molecule has 0 amide bonds. The van der Waals surface area contributed by atoms with Crippen LogP contribution in [0.1, 0.15) is 11.4 Å². The van der Waals surface area contributed by atoms with Crippen LogP contribution < -0.4 is 11.3 Å². The van der Waals surface area contributed by atoms with Gasteiger partial charge in [-0.05, 0) is 31.7 Å². The first-order chi connectivity index (χ1) is 8.02. The summed E-state index contributed by atoms with van der Waals surface area (Å²) in [5.41, 5.74) is 6.80. The van der Waals surface area contributed by atoms with Crippen molar-refractivity contribution in [2.45, 2.75) is 24.0 Å². The standard InChI is InChI=1S/C10H11N5OS/c1-5-3-7(16)14-10(13-5)17-8-4-6(2)12-9(11)15-8/h3-4H,1-2H3,(H2,11,12,15)(H,13,14,16). The maximum Gasteiger partial charge on any atom is 0.251 e. The molecule has 0 bridgehead atoms. The molecule has 6 nitrogen and oxygen atoms in total. The molecule has 2 heterocycles. The minimum atomic E-state index is -0.182. The maximum absolute atomic E-state index is 11.3. The number of hydrogen-bond acceptors (Lipinski definition) is 6. The third kappa shape index (κ3) is 3.04. The van der Waals surface area contributed by atoms with Gasteiger partial charge in [-0.2, -0.15) is 0 Å². The summed E-state index contributed by atoms with van der Waals surface area (Å²) in [5.74, 6) is 0.211. The van der Waals surface area contributed by atoms with E-state index >= 15 is 0 Å². The topological polar surface area (TPSA) is 97.5 Å². The smallest absolute Gasteiger partial charge is 0.251 e. The van der Waals surface area contributed by atoms with Crippen LogP contribution in [0.2, 0.25) is 0 Å². The Morgan fingerprint density at radius 2 is 1.88 bits per heavy atom. The molecule has 0 saturated carbocycles. The van der Waals surface area contributed by atoms with Crippen molar-refractivity contribution in [1.82, 2.24) is 19.9 Å². The van der Waals surface area contributed by atoms with Gasteiger partial charge in [0.15, 0.2) is 5.16 Å². The molecule has 0 aliphatic rings. The van der Waals surface area contributed by atoms with Crippen LogP contribution in [0.3, 0.4) is 0 Å². The van der Waals surface area contributed by atoms with Crippen LogP contribution >= 0.6 is 11.8 Å². The summed E-state index contributed by atoms with van der Waals surface area (Å²) in [6.45, 7) is 3.59. The molecule has 0 unspecified atom stereocenters. The van der Waals surface area contributed by atoms with Crippen LogP contribution in [-0.4, -0.2) is 19.9 Å². The number of nitrogen functional groups attached to an aromatic ring is 1. The van der Waals surface area contributed by atoms with Crippen molar-refractivity contribution in [2.75, 3.05) is 5.73 Å². The Morgan fingerprint density at radius 3 is 2.53 bits per heavy atom. The molecule has 3 N–H and O–H groups in total. The number of H-pyrrole nitrogens is 1. The van der Waals surface area contributed by atoms with Crippen molar-refractivity contribution in [2.24, 2.45) is 0 Å². The van der Waals surface area contributed by atoms with Gasteiger partial charge in [-0.15, -0.1) is 0 Å².